The second-order valence-electron chi connectivity index (χ2n) is 13.2. The van der Waals surface area contributed by atoms with Gasteiger partial charge in [-0.05, 0) is 59.7 Å². The van der Waals surface area contributed by atoms with Crippen molar-refractivity contribution in [3.8, 4) is 51.0 Å². The van der Waals surface area contributed by atoms with Gasteiger partial charge in [0.25, 0.3) is 0 Å². The van der Waals surface area contributed by atoms with Crippen LogP contribution in [0.5, 0.6) is 0 Å². The molecule has 0 radical (unpaired) electrons. The average Bonchev–Trinajstić information content (AvgIpc) is 3.76. The van der Waals surface area contributed by atoms with Crippen molar-refractivity contribution in [2.24, 2.45) is 0 Å². The highest BCUT2D eigenvalue weighted by Crippen LogP contribution is 2.41. The van der Waals surface area contributed by atoms with Crippen LogP contribution in [0.3, 0.4) is 0 Å². The Morgan fingerprint density at radius 3 is 1.70 bits per heavy atom. The number of halogens is 3. The highest BCUT2D eigenvalue weighted by Gasteiger charge is 2.31. The lowest BCUT2D eigenvalue weighted by molar-refractivity contribution is -0.137. The molecule has 0 aliphatic carbocycles. The van der Waals surface area contributed by atoms with Crippen LogP contribution in [0.4, 0.5) is 13.2 Å². The van der Waals surface area contributed by atoms with Crippen LogP contribution in [-0.4, -0.2) is 19.5 Å². The van der Waals surface area contributed by atoms with E-state index in [4.69, 9.17) is 19.4 Å². The molecule has 0 atom stereocenters. The molecule has 3 aromatic heterocycles. The lowest BCUT2D eigenvalue weighted by Crippen LogP contribution is -2.06. The van der Waals surface area contributed by atoms with E-state index in [9.17, 15) is 13.2 Å². The van der Waals surface area contributed by atoms with Crippen LogP contribution in [0.1, 0.15) is 5.56 Å². The lowest BCUT2D eigenvalue weighted by atomic mass is 9.99. The monoisotopic (exact) mass is 708 g/mol. The number of rotatable bonds is 5. The number of nitrogens with zero attached hydrogens (tertiary/aromatic N) is 4. The number of fused-ring (bicyclic) bond motifs is 6. The first kappa shape index (κ1) is 31.7. The molecule has 0 unspecified atom stereocenters. The summed E-state index contributed by atoms with van der Waals surface area (Å²) in [7, 11) is 0. The molecule has 0 amide bonds. The largest absolute Gasteiger partial charge is 0.456 e. The standard InChI is InChI=1S/C46H27F3N4O/c47-46(48,49)32-21-23-34-33-15-7-9-17-38(33)53(40(34)27-32)39-24-20-30(31-19-22-36-35-16-8-10-18-41(35)54-42(36)26-31)25-37(39)45-51-43(28-11-3-1-4-12-28)50-44(52-45)29-13-5-2-6-14-29/h1-27H. The molecule has 7 aromatic carbocycles. The number of hydrogen-bond donors (Lipinski definition) is 0. The smallest absolute Gasteiger partial charge is 0.416 e. The molecule has 5 nitrogen and oxygen atoms in total. The fraction of sp³-hybridized carbons (Fsp3) is 0.0217. The normalized spacial score (nSPS) is 12.0. The number of furan rings is 1. The summed E-state index contributed by atoms with van der Waals surface area (Å²) in [5.74, 6) is 1.32. The Hall–Kier alpha value is -7.06. The van der Waals surface area contributed by atoms with E-state index in [0.717, 1.165) is 61.2 Å². The third-order valence-electron chi connectivity index (χ3n) is 9.89. The fourth-order valence-electron chi connectivity index (χ4n) is 7.33. The van der Waals surface area contributed by atoms with Crippen molar-refractivity contribution in [2.75, 3.05) is 0 Å². The van der Waals surface area contributed by atoms with E-state index in [0.29, 0.717) is 39.6 Å². The Kier molecular flexibility index (Phi) is 7.20. The van der Waals surface area contributed by atoms with Gasteiger partial charge in [0.15, 0.2) is 17.5 Å². The molecule has 10 aromatic rings. The van der Waals surface area contributed by atoms with Crippen molar-refractivity contribution >= 4 is 43.7 Å². The van der Waals surface area contributed by atoms with Crippen molar-refractivity contribution in [3.63, 3.8) is 0 Å². The van der Waals surface area contributed by atoms with Crippen molar-refractivity contribution in [3.05, 3.63) is 169 Å². The molecule has 10 rings (SSSR count). The van der Waals surface area contributed by atoms with Gasteiger partial charge in [0.1, 0.15) is 11.2 Å². The zero-order chi connectivity index (χ0) is 36.4. The number of para-hydroxylation sites is 2. The summed E-state index contributed by atoms with van der Waals surface area (Å²) in [6, 6.07) is 50.9. The first-order valence-electron chi connectivity index (χ1n) is 17.4. The minimum absolute atomic E-state index is 0.377. The molecular formula is C46H27F3N4O. The molecule has 0 bridgehead atoms. The average molecular weight is 709 g/mol. The van der Waals surface area contributed by atoms with Gasteiger partial charge in [-0.15, -0.1) is 0 Å². The first-order chi connectivity index (χ1) is 26.4. The third kappa shape index (κ3) is 5.30. The Morgan fingerprint density at radius 2 is 0.981 bits per heavy atom. The topological polar surface area (TPSA) is 56.7 Å². The Bertz CT molecular complexity index is 2980. The second-order valence-corrected chi connectivity index (χ2v) is 13.2. The van der Waals surface area contributed by atoms with Gasteiger partial charge in [-0.2, -0.15) is 13.2 Å². The molecule has 0 fully saturated rings. The Balaban J connectivity index is 1.28. The highest BCUT2D eigenvalue weighted by atomic mass is 19.4. The summed E-state index contributed by atoms with van der Waals surface area (Å²) in [6.45, 7) is 0. The van der Waals surface area contributed by atoms with Crippen molar-refractivity contribution in [1.29, 1.82) is 0 Å². The van der Waals surface area contributed by atoms with Gasteiger partial charge in [0.05, 0.1) is 22.3 Å². The van der Waals surface area contributed by atoms with Gasteiger partial charge in [-0.3, -0.25) is 0 Å². The molecular weight excluding hydrogens is 682 g/mol. The maximum Gasteiger partial charge on any atom is 0.416 e. The van der Waals surface area contributed by atoms with Gasteiger partial charge >= 0.3 is 6.18 Å². The summed E-state index contributed by atoms with van der Waals surface area (Å²) in [5.41, 5.74) is 6.61. The van der Waals surface area contributed by atoms with Crippen LogP contribution >= 0.6 is 0 Å². The molecule has 8 heteroatoms. The first-order valence-corrected chi connectivity index (χ1v) is 17.4. The number of hydrogen-bond acceptors (Lipinski definition) is 4. The quantitative estimate of drug-likeness (QED) is 0.179. The van der Waals surface area contributed by atoms with E-state index in [1.165, 1.54) is 6.07 Å². The summed E-state index contributed by atoms with van der Waals surface area (Å²) >= 11 is 0. The van der Waals surface area contributed by atoms with Gasteiger partial charge in [-0.25, -0.2) is 15.0 Å². The minimum atomic E-state index is -4.53. The van der Waals surface area contributed by atoms with E-state index in [-0.39, 0.29) is 0 Å². The maximum absolute atomic E-state index is 14.2. The van der Waals surface area contributed by atoms with Crippen LogP contribution in [0, 0.1) is 0 Å². The molecule has 3 heterocycles. The van der Waals surface area contributed by atoms with Gasteiger partial charge in [0, 0.05) is 38.2 Å². The predicted molar refractivity (Wildman–Crippen MR) is 208 cm³/mol. The zero-order valence-corrected chi connectivity index (χ0v) is 28.4. The molecule has 0 saturated carbocycles. The molecule has 0 aliphatic heterocycles. The molecule has 54 heavy (non-hydrogen) atoms. The number of aromatic nitrogens is 4. The summed E-state index contributed by atoms with van der Waals surface area (Å²) in [4.78, 5) is 15.0. The SMILES string of the molecule is FC(F)(F)c1ccc2c3ccccc3n(-c3ccc(-c4ccc5c(c4)oc4ccccc45)cc3-c3nc(-c4ccccc4)nc(-c4ccccc4)n3)c2c1. The van der Waals surface area contributed by atoms with E-state index in [2.05, 4.69) is 12.1 Å². The Morgan fingerprint density at radius 1 is 0.426 bits per heavy atom. The summed E-state index contributed by atoms with van der Waals surface area (Å²) in [6.07, 6.45) is -4.53. The lowest BCUT2D eigenvalue weighted by Gasteiger charge is -2.17. The van der Waals surface area contributed by atoms with Crippen molar-refractivity contribution < 1.29 is 17.6 Å². The van der Waals surface area contributed by atoms with Crippen LogP contribution in [0.2, 0.25) is 0 Å². The maximum atomic E-state index is 14.2. The number of benzene rings is 7. The predicted octanol–water partition coefficient (Wildman–Crippen LogP) is 12.6. The van der Waals surface area contributed by atoms with Crippen LogP contribution in [0.25, 0.3) is 94.7 Å². The van der Waals surface area contributed by atoms with E-state index < -0.39 is 11.7 Å². The summed E-state index contributed by atoms with van der Waals surface area (Å²) in [5, 5.41) is 3.58. The van der Waals surface area contributed by atoms with Crippen LogP contribution < -0.4 is 0 Å². The van der Waals surface area contributed by atoms with Crippen LogP contribution in [0.15, 0.2) is 168 Å². The molecule has 0 N–H and O–H groups in total. The second kappa shape index (κ2) is 12.3. The minimum Gasteiger partial charge on any atom is -0.456 e. The van der Waals surface area contributed by atoms with Gasteiger partial charge in [0.2, 0.25) is 0 Å². The number of alkyl halides is 3. The molecule has 0 spiro atoms. The van der Waals surface area contributed by atoms with Crippen LogP contribution in [-0.2, 0) is 6.18 Å². The summed E-state index contributed by atoms with van der Waals surface area (Å²) < 4.78 is 50.8. The van der Waals surface area contributed by atoms with E-state index in [1.54, 1.807) is 6.07 Å². The Labute approximate surface area is 306 Å². The van der Waals surface area contributed by atoms with Gasteiger partial charge in [-0.1, -0.05) is 115 Å². The third-order valence-corrected chi connectivity index (χ3v) is 9.89. The van der Waals surface area contributed by atoms with Crippen molar-refractivity contribution in [1.82, 2.24) is 19.5 Å². The molecule has 0 aliphatic rings. The fourth-order valence-corrected chi connectivity index (χ4v) is 7.33. The van der Waals surface area contributed by atoms with Gasteiger partial charge < -0.3 is 8.98 Å². The van der Waals surface area contributed by atoms with Crippen molar-refractivity contribution in [2.45, 2.75) is 6.18 Å². The van der Waals surface area contributed by atoms with E-state index in [1.807, 2.05) is 138 Å². The van der Waals surface area contributed by atoms with E-state index >= 15 is 0 Å². The zero-order valence-electron chi connectivity index (χ0n) is 28.4. The highest BCUT2D eigenvalue weighted by molar-refractivity contribution is 6.10. The molecule has 0 saturated heterocycles. The molecule has 258 valence electrons.